The lowest BCUT2D eigenvalue weighted by molar-refractivity contribution is 0.0917. The lowest BCUT2D eigenvalue weighted by Gasteiger charge is -2.26. The minimum Gasteiger partial charge on any atom is -0.393 e. The molecule has 3 aromatic rings. The normalized spacial score (nSPS) is 19.9. The summed E-state index contributed by atoms with van der Waals surface area (Å²) in [5.74, 6) is 0.189. The molecule has 0 radical (unpaired) electrons. The van der Waals surface area contributed by atoms with Gasteiger partial charge in [-0.2, -0.15) is 0 Å². The number of para-hydroxylation sites is 1. The highest BCUT2D eigenvalue weighted by Gasteiger charge is 2.20. The van der Waals surface area contributed by atoms with Crippen molar-refractivity contribution in [2.75, 3.05) is 11.9 Å². The van der Waals surface area contributed by atoms with Gasteiger partial charge < -0.3 is 20.8 Å². The number of aliphatic hydroxyl groups excluding tert-OH is 2. The predicted octanol–water partition coefficient (Wildman–Crippen LogP) is 2.81. The van der Waals surface area contributed by atoms with Crippen molar-refractivity contribution < 1.29 is 15.0 Å². The van der Waals surface area contributed by atoms with Crippen LogP contribution in [0.2, 0.25) is 0 Å². The fraction of sp³-hybridized carbons (Fsp3) is 0.348. The first-order chi connectivity index (χ1) is 14.6. The molecule has 0 unspecified atom stereocenters. The van der Waals surface area contributed by atoms with E-state index in [1.807, 2.05) is 36.4 Å². The van der Waals surface area contributed by atoms with Crippen molar-refractivity contribution in [3.63, 3.8) is 0 Å². The highest BCUT2D eigenvalue weighted by atomic mass is 16.3. The van der Waals surface area contributed by atoms with E-state index in [9.17, 15) is 15.0 Å². The molecule has 30 heavy (non-hydrogen) atoms. The highest BCUT2D eigenvalue weighted by molar-refractivity contribution is 6.05. The lowest BCUT2D eigenvalue weighted by Crippen LogP contribution is -2.29. The number of nitrogens with one attached hydrogen (secondary N) is 2. The molecular formula is C23H26N4O3. The van der Waals surface area contributed by atoms with Crippen LogP contribution in [0, 0.1) is 0 Å². The Hall–Kier alpha value is -3.03. The van der Waals surface area contributed by atoms with Gasteiger partial charge in [-0.25, -0.2) is 9.97 Å². The molecule has 2 aromatic carbocycles. The first kappa shape index (κ1) is 20.3. The van der Waals surface area contributed by atoms with Gasteiger partial charge in [0, 0.05) is 24.2 Å². The van der Waals surface area contributed by atoms with Crippen LogP contribution in [-0.4, -0.2) is 44.8 Å². The maximum absolute atomic E-state index is 12.8. The van der Waals surface area contributed by atoms with Gasteiger partial charge in [-0.1, -0.05) is 42.5 Å². The van der Waals surface area contributed by atoms with E-state index < -0.39 is 6.10 Å². The number of nitrogens with zero attached hydrogens (tertiary/aromatic N) is 2. The van der Waals surface area contributed by atoms with Crippen molar-refractivity contribution in [2.24, 2.45) is 0 Å². The zero-order valence-corrected chi connectivity index (χ0v) is 16.7. The Morgan fingerprint density at radius 3 is 2.60 bits per heavy atom. The summed E-state index contributed by atoms with van der Waals surface area (Å²) >= 11 is 0. The molecule has 0 spiro atoms. The molecule has 4 N–H and O–H groups in total. The smallest absolute Gasteiger partial charge is 0.253 e. The molecule has 156 valence electrons. The summed E-state index contributed by atoms with van der Waals surface area (Å²) in [6.45, 7) is 0.111. The molecule has 0 aliphatic heterocycles. The fourth-order valence-electron chi connectivity index (χ4n) is 3.79. The van der Waals surface area contributed by atoms with E-state index in [-0.39, 0.29) is 24.6 Å². The summed E-state index contributed by atoms with van der Waals surface area (Å²) in [4.78, 5) is 21.8. The molecular weight excluding hydrogens is 380 g/mol. The third kappa shape index (κ3) is 4.75. The molecule has 1 atom stereocenters. The molecule has 7 nitrogen and oxygen atoms in total. The van der Waals surface area contributed by atoms with E-state index >= 15 is 0 Å². The van der Waals surface area contributed by atoms with Crippen LogP contribution in [0.4, 0.5) is 5.95 Å². The van der Waals surface area contributed by atoms with E-state index in [0.717, 1.165) is 36.6 Å². The number of hydrogen-bond donors (Lipinski definition) is 4. The summed E-state index contributed by atoms with van der Waals surface area (Å²) in [6.07, 6.45) is 3.97. The monoisotopic (exact) mass is 406 g/mol. The standard InChI is InChI=1S/C23H26N4O3/c28-18-11-9-17(10-12-18)26-23-25-13-16-7-4-8-19(21(16)27-23)22(30)24-14-20(29)15-5-2-1-3-6-15/h1-8,13,17-18,20,28-29H,9-12,14H2,(H,24,30)(H,25,26,27)/t17?,18?,20-/m0/s1. The summed E-state index contributed by atoms with van der Waals surface area (Å²) in [5, 5.41) is 26.9. The number of aliphatic hydroxyl groups is 2. The van der Waals surface area contributed by atoms with Crippen molar-refractivity contribution in [3.05, 3.63) is 65.9 Å². The Morgan fingerprint density at radius 1 is 1.07 bits per heavy atom. The summed E-state index contributed by atoms with van der Waals surface area (Å²) < 4.78 is 0. The van der Waals surface area contributed by atoms with Crippen LogP contribution < -0.4 is 10.6 Å². The molecule has 1 saturated carbocycles. The largest absolute Gasteiger partial charge is 0.393 e. The van der Waals surface area contributed by atoms with Crippen LogP contribution in [0.25, 0.3) is 10.9 Å². The third-order valence-electron chi connectivity index (χ3n) is 5.53. The molecule has 1 fully saturated rings. The molecule has 1 heterocycles. The minimum absolute atomic E-state index is 0.111. The van der Waals surface area contributed by atoms with E-state index in [1.165, 1.54) is 0 Å². The van der Waals surface area contributed by atoms with Crippen molar-refractivity contribution in [1.82, 2.24) is 15.3 Å². The maximum atomic E-state index is 12.8. The second-order valence-electron chi connectivity index (χ2n) is 7.72. The number of carbonyl (C=O) groups is 1. The Balaban J connectivity index is 1.48. The molecule has 1 aliphatic rings. The quantitative estimate of drug-likeness (QED) is 0.501. The number of fused-ring (bicyclic) bond motifs is 1. The number of anilines is 1. The average Bonchev–Trinajstić information content (AvgIpc) is 2.79. The maximum Gasteiger partial charge on any atom is 0.253 e. The third-order valence-corrected chi connectivity index (χ3v) is 5.53. The zero-order valence-electron chi connectivity index (χ0n) is 16.7. The number of rotatable bonds is 6. The fourth-order valence-corrected chi connectivity index (χ4v) is 3.79. The Bertz CT molecular complexity index is 1000. The van der Waals surface area contributed by atoms with Crippen LogP contribution >= 0.6 is 0 Å². The highest BCUT2D eigenvalue weighted by Crippen LogP contribution is 2.23. The van der Waals surface area contributed by atoms with Crippen molar-refractivity contribution >= 4 is 22.8 Å². The average molecular weight is 406 g/mol. The Kier molecular flexibility index (Phi) is 6.21. The summed E-state index contributed by atoms with van der Waals surface area (Å²) in [7, 11) is 0. The molecule has 0 saturated heterocycles. The Morgan fingerprint density at radius 2 is 1.83 bits per heavy atom. The van der Waals surface area contributed by atoms with E-state index in [2.05, 4.69) is 20.6 Å². The van der Waals surface area contributed by atoms with Gasteiger partial charge in [-0.15, -0.1) is 0 Å². The molecule has 1 aromatic heterocycles. The van der Waals surface area contributed by atoms with Crippen LogP contribution in [0.5, 0.6) is 0 Å². The van der Waals surface area contributed by atoms with Crippen LogP contribution in [0.3, 0.4) is 0 Å². The van der Waals surface area contributed by atoms with Gasteiger partial charge in [0.05, 0.1) is 23.3 Å². The molecule has 1 aliphatic carbocycles. The predicted molar refractivity (Wildman–Crippen MR) is 115 cm³/mol. The number of aromatic nitrogens is 2. The Labute approximate surface area is 175 Å². The van der Waals surface area contributed by atoms with Crippen molar-refractivity contribution in [2.45, 2.75) is 43.9 Å². The second-order valence-corrected chi connectivity index (χ2v) is 7.72. The minimum atomic E-state index is -0.779. The van der Waals surface area contributed by atoms with Gasteiger partial charge in [0.1, 0.15) is 0 Å². The molecule has 1 amide bonds. The van der Waals surface area contributed by atoms with E-state index in [1.54, 1.807) is 18.3 Å². The first-order valence-electron chi connectivity index (χ1n) is 10.3. The van der Waals surface area contributed by atoms with Gasteiger partial charge in [-0.3, -0.25) is 4.79 Å². The topological polar surface area (TPSA) is 107 Å². The van der Waals surface area contributed by atoms with Crippen LogP contribution in [0.1, 0.15) is 47.7 Å². The van der Waals surface area contributed by atoms with E-state index in [0.29, 0.717) is 17.0 Å². The van der Waals surface area contributed by atoms with Gasteiger partial charge in [0.2, 0.25) is 5.95 Å². The van der Waals surface area contributed by atoms with Crippen molar-refractivity contribution in [1.29, 1.82) is 0 Å². The second kappa shape index (κ2) is 9.19. The number of hydrogen-bond acceptors (Lipinski definition) is 6. The van der Waals surface area contributed by atoms with Gasteiger partial charge in [0.25, 0.3) is 5.91 Å². The van der Waals surface area contributed by atoms with Gasteiger partial charge >= 0.3 is 0 Å². The van der Waals surface area contributed by atoms with Crippen LogP contribution in [0.15, 0.2) is 54.7 Å². The first-order valence-corrected chi connectivity index (χ1v) is 10.3. The van der Waals surface area contributed by atoms with Crippen LogP contribution in [-0.2, 0) is 0 Å². The van der Waals surface area contributed by atoms with E-state index in [4.69, 9.17) is 0 Å². The van der Waals surface area contributed by atoms with Crippen molar-refractivity contribution in [3.8, 4) is 0 Å². The zero-order chi connectivity index (χ0) is 20.9. The molecule has 4 rings (SSSR count). The summed E-state index contributed by atoms with van der Waals surface area (Å²) in [5.41, 5.74) is 1.76. The SMILES string of the molecule is O=C(NC[C@H](O)c1ccccc1)c1cccc2cnc(NC3CCC(O)CC3)nc12. The number of benzene rings is 2. The van der Waals surface area contributed by atoms with Gasteiger partial charge in [-0.05, 0) is 37.3 Å². The number of amides is 1. The lowest BCUT2D eigenvalue weighted by atomic mass is 9.93. The summed E-state index contributed by atoms with van der Waals surface area (Å²) in [6, 6.07) is 14.8. The van der Waals surface area contributed by atoms with Gasteiger partial charge in [0.15, 0.2) is 0 Å². The number of carbonyl (C=O) groups excluding carboxylic acids is 1. The molecule has 7 heteroatoms. The molecule has 0 bridgehead atoms.